The van der Waals surface area contributed by atoms with Crippen molar-refractivity contribution in [1.29, 1.82) is 0 Å². The van der Waals surface area contributed by atoms with Crippen LogP contribution in [0.2, 0.25) is 0 Å². The summed E-state index contributed by atoms with van der Waals surface area (Å²) in [5, 5.41) is 2.22. The standard InChI is InChI=1S/C26H34N/c1-17(2)21-11-9-18(3)24(15-21)25-23-12-10-20(16-26(5,6)7)14-22(23)13-19(4)27(25)8/h9-15,17H,16H2,1-8H3/q+1/i13D. The lowest BCUT2D eigenvalue weighted by molar-refractivity contribution is -0.665. The van der Waals surface area contributed by atoms with Crippen LogP contribution in [0, 0.1) is 19.3 Å². The number of hydrogen-bond donors (Lipinski definition) is 0. The lowest BCUT2D eigenvalue weighted by Crippen LogP contribution is -2.35. The van der Waals surface area contributed by atoms with E-state index in [9.17, 15) is 0 Å². The minimum Gasteiger partial charge on any atom is -0.198 e. The van der Waals surface area contributed by atoms with Crippen molar-refractivity contribution in [1.82, 2.24) is 0 Å². The molecule has 0 aliphatic carbocycles. The zero-order valence-electron chi connectivity index (χ0n) is 19.2. The van der Waals surface area contributed by atoms with Crippen molar-refractivity contribution >= 4 is 10.8 Å². The summed E-state index contributed by atoms with van der Waals surface area (Å²) >= 11 is 0. The first-order chi connectivity index (χ1) is 13.0. The van der Waals surface area contributed by atoms with Crippen molar-refractivity contribution in [3.63, 3.8) is 0 Å². The fourth-order valence-electron chi connectivity index (χ4n) is 3.83. The summed E-state index contributed by atoms with van der Waals surface area (Å²) in [5.74, 6) is 0.492. The molecule has 142 valence electrons. The molecule has 0 aliphatic rings. The first-order valence-electron chi connectivity index (χ1n) is 10.5. The Hall–Kier alpha value is -2.15. The van der Waals surface area contributed by atoms with Gasteiger partial charge in [0.05, 0.1) is 6.76 Å². The second-order valence-corrected chi connectivity index (χ2v) is 9.46. The molecule has 0 fully saturated rings. The largest absolute Gasteiger partial charge is 0.220 e. The van der Waals surface area contributed by atoms with Crippen molar-refractivity contribution in [2.75, 3.05) is 0 Å². The van der Waals surface area contributed by atoms with E-state index in [4.69, 9.17) is 1.37 Å². The molecule has 1 heteroatoms. The SMILES string of the molecule is [2H]c1c(C)[n+](C)c(-c2cc(C(C)C)ccc2C)c2ccc(CC(C)(C)C)cc12. The second kappa shape index (κ2) is 7.11. The van der Waals surface area contributed by atoms with E-state index >= 15 is 0 Å². The molecule has 0 aliphatic heterocycles. The predicted molar refractivity (Wildman–Crippen MR) is 117 cm³/mol. The van der Waals surface area contributed by atoms with Crippen LogP contribution in [0.4, 0.5) is 0 Å². The summed E-state index contributed by atoms with van der Waals surface area (Å²) in [6.45, 7) is 15.5. The van der Waals surface area contributed by atoms with Crippen LogP contribution in [0.3, 0.4) is 0 Å². The highest BCUT2D eigenvalue weighted by Crippen LogP contribution is 2.32. The summed E-state index contributed by atoms with van der Waals surface area (Å²) < 4.78 is 11.0. The van der Waals surface area contributed by atoms with E-state index in [1.807, 2.05) is 0 Å². The van der Waals surface area contributed by atoms with Crippen LogP contribution in [0.25, 0.3) is 22.0 Å². The number of hydrogen-bond acceptors (Lipinski definition) is 0. The topological polar surface area (TPSA) is 3.88 Å². The highest BCUT2D eigenvalue weighted by Gasteiger charge is 2.21. The number of rotatable bonds is 3. The molecule has 0 bridgehead atoms. The van der Waals surface area contributed by atoms with E-state index < -0.39 is 0 Å². The van der Waals surface area contributed by atoms with Crippen LogP contribution < -0.4 is 4.57 Å². The van der Waals surface area contributed by atoms with Crippen molar-refractivity contribution in [2.24, 2.45) is 12.5 Å². The third-order valence-corrected chi connectivity index (χ3v) is 5.41. The van der Waals surface area contributed by atoms with Gasteiger partial charge in [0.1, 0.15) is 7.05 Å². The van der Waals surface area contributed by atoms with Gasteiger partial charge in [0.2, 0.25) is 5.69 Å². The van der Waals surface area contributed by atoms with Crippen LogP contribution in [-0.2, 0) is 13.5 Å². The fraction of sp³-hybridized carbons (Fsp3) is 0.423. The predicted octanol–water partition coefficient (Wildman–Crippen LogP) is 6.66. The maximum Gasteiger partial charge on any atom is 0.220 e. The zero-order valence-corrected chi connectivity index (χ0v) is 18.2. The van der Waals surface area contributed by atoms with E-state index in [0.717, 1.165) is 17.5 Å². The van der Waals surface area contributed by atoms with Crippen molar-refractivity contribution in [2.45, 2.75) is 60.8 Å². The molecule has 0 radical (unpaired) electrons. The quantitative estimate of drug-likeness (QED) is 0.459. The fourth-order valence-corrected chi connectivity index (χ4v) is 3.83. The summed E-state index contributed by atoms with van der Waals surface area (Å²) in [4.78, 5) is 0. The lowest BCUT2D eigenvalue weighted by Gasteiger charge is -2.19. The first kappa shape index (κ1) is 18.2. The second-order valence-electron chi connectivity index (χ2n) is 9.46. The van der Waals surface area contributed by atoms with E-state index in [-0.39, 0.29) is 5.41 Å². The smallest absolute Gasteiger partial charge is 0.198 e. The molecular weight excluding hydrogens is 326 g/mol. The minimum atomic E-state index is 0.232. The molecule has 0 amide bonds. The molecule has 1 heterocycles. The minimum absolute atomic E-state index is 0.232. The molecule has 27 heavy (non-hydrogen) atoms. The van der Waals surface area contributed by atoms with Crippen LogP contribution >= 0.6 is 0 Å². The average molecular weight is 362 g/mol. The van der Waals surface area contributed by atoms with E-state index in [1.165, 1.54) is 33.3 Å². The highest BCUT2D eigenvalue weighted by molar-refractivity contribution is 5.94. The highest BCUT2D eigenvalue weighted by atomic mass is 14.9. The van der Waals surface area contributed by atoms with Gasteiger partial charge in [-0.05, 0) is 58.9 Å². The first-order valence-corrected chi connectivity index (χ1v) is 10.0. The van der Waals surface area contributed by atoms with Gasteiger partial charge < -0.3 is 0 Å². The third-order valence-electron chi connectivity index (χ3n) is 5.41. The Morgan fingerprint density at radius 1 is 1.04 bits per heavy atom. The van der Waals surface area contributed by atoms with Gasteiger partial charge in [-0.25, -0.2) is 0 Å². The van der Waals surface area contributed by atoms with Gasteiger partial charge in [-0.1, -0.05) is 58.9 Å². The maximum absolute atomic E-state index is 8.76. The molecule has 0 atom stereocenters. The van der Waals surface area contributed by atoms with Crippen molar-refractivity contribution in [3.05, 3.63) is 64.8 Å². The zero-order chi connectivity index (χ0) is 20.8. The molecule has 2 aromatic carbocycles. The molecule has 1 nitrogen and oxygen atoms in total. The number of fused-ring (bicyclic) bond motifs is 1. The Balaban J connectivity index is 2.33. The normalized spacial score (nSPS) is 12.7. The Bertz CT molecular complexity index is 1040. The number of aryl methyl sites for hydroxylation is 1. The summed E-state index contributed by atoms with van der Waals surface area (Å²) in [7, 11) is 2.09. The van der Waals surface area contributed by atoms with Crippen molar-refractivity contribution in [3.8, 4) is 11.3 Å². The number of benzene rings is 2. The van der Waals surface area contributed by atoms with Crippen LogP contribution in [-0.4, -0.2) is 0 Å². The average Bonchev–Trinajstić information content (AvgIpc) is 2.60. The maximum atomic E-state index is 8.76. The van der Waals surface area contributed by atoms with Crippen LogP contribution in [0.5, 0.6) is 0 Å². The van der Waals surface area contributed by atoms with Crippen LogP contribution in [0.15, 0.2) is 42.4 Å². The van der Waals surface area contributed by atoms with Gasteiger partial charge in [0.25, 0.3) is 0 Å². The molecular formula is C26H34N+. The number of aromatic nitrogens is 1. The van der Waals surface area contributed by atoms with E-state index in [1.54, 1.807) is 0 Å². The molecule has 0 spiro atoms. The molecule has 0 saturated carbocycles. The molecule has 3 aromatic rings. The van der Waals surface area contributed by atoms with E-state index in [0.29, 0.717) is 12.0 Å². The summed E-state index contributed by atoms with van der Waals surface area (Å²) in [5.41, 5.74) is 7.65. The molecule has 3 rings (SSSR count). The molecule has 0 unspecified atom stereocenters. The van der Waals surface area contributed by atoms with Gasteiger partial charge in [-0.2, -0.15) is 4.57 Å². The number of pyridine rings is 1. The Morgan fingerprint density at radius 2 is 1.74 bits per heavy atom. The third kappa shape index (κ3) is 4.08. The van der Waals surface area contributed by atoms with Gasteiger partial charge >= 0.3 is 0 Å². The van der Waals surface area contributed by atoms with Gasteiger partial charge in [0.15, 0.2) is 5.69 Å². The molecule has 0 saturated heterocycles. The van der Waals surface area contributed by atoms with Crippen molar-refractivity contribution < 1.29 is 5.94 Å². The number of nitrogens with zero attached hydrogens (tertiary/aromatic N) is 1. The summed E-state index contributed by atoms with van der Waals surface area (Å²) in [6, 6.07) is 14.1. The molecule has 1 aromatic heterocycles. The Kier molecular flexibility index (Phi) is 4.80. The van der Waals surface area contributed by atoms with Crippen LogP contribution in [0.1, 0.15) is 64.3 Å². The van der Waals surface area contributed by atoms with E-state index in [2.05, 4.69) is 96.5 Å². The molecule has 0 N–H and O–H groups in total. The monoisotopic (exact) mass is 361 g/mol. The Morgan fingerprint density at radius 3 is 2.37 bits per heavy atom. The lowest BCUT2D eigenvalue weighted by atomic mass is 9.87. The van der Waals surface area contributed by atoms with Gasteiger partial charge in [-0.15, -0.1) is 0 Å². The Labute approximate surface area is 166 Å². The summed E-state index contributed by atoms with van der Waals surface area (Å²) in [6.07, 6.45) is 1.01. The van der Waals surface area contributed by atoms with Gasteiger partial charge in [-0.3, -0.25) is 0 Å². The van der Waals surface area contributed by atoms with Gasteiger partial charge in [0, 0.05) is 18.5 Å².